The van der Waals surface area contributed by atoms with Gasteiger partial charge in [0.15, 0.2) is 0 Å². The maximum Gasteiger partial charge on any atom is 0.333 e. The number of anilines is 2. The van der Waals surface area contributed by atoms with Crippen LogP contribution in [0.1, 0.15) is 25.1 Å². The first-order valence-electron chi connectivity index (χ1n) is 6.78. The minimum atomic E-state index is -2.67. The van der Waals surface area contributed by atoms with Crippen molar-refractivity contribution in [3.63, 3.8) is 0 Å². The van der Waals surface area contributed by atoms with E-state index in [1.165, 1.54) is 6.20 Å². The van der Waals surface area contributed by atoms with Crippen LogP contribution in [0, 0.1) is 6.92 Å². The summed E-state index contributed by atoms with van der Waals surface area (Å²) >= 11 is 0. The van der Waals surface area contributed by atoms with Crippen molar-refractivity contribution >= 4 is 11.8 Å². The lowest BCUT2D eigenvalue weighted by Gasteiger charge is -2.17. The van der Waals surface area contributed by atoms with E-state index in [-0.39, 0.29) is 5.95 Å². The number of hydrogen-bond acceptors (Lipinski definition) is 5. The van der Waals surface area contributed by atoms with Gasteiger partial charge in [-0.1, -0.05) is 0 Å². The van der Waals surface area contributed by atoms with E-state index >= 15 is 0 Å². The summed E-state index contributed by atoms with van der Waals surface area (Å²) in [5.74, 6) is 0.873. The summed E-state index contributed by atoms with van der Waals surface area (Å²) in [7, 11) is 0. The molecule has 1 fully saturated rings. The maximum absolute atomic E-state index is 12.8. The lowest BCUT2D eigenvalue weighted by atomic mass is 10.2. The second-order valence-electron chi connectivity index (χ2n) is 5.03. The molecule has 1 aliphatic rings. The molecular formula is C13H16F2N6. The van der Waals surface area contributed by atoms with Crippen molar-refractivity contribution in [3.8, 4) is 11.3 Å². The fraction of sp³-hybridized carbons (Fsp3) is 0.462. The molecule has 21 heavy (non-hydrogen) atoms. The molecule has 2 aromatic rings. The van der Waals surface area contributed by atoms with Gasteiger partial charge in [-0.3, -0.25) is 0 Å². The summed E-state index contributed by atoms with van der Waals surface area (Å²) in [5.41, 5.74) is 7.18. The van der Waals surface area contributed by atoms with Crippen LogP contribution < -0.4 is 10.6 Å². The van der Waals surface area contributed by atoms with Crippen LogP contribution in [0.4, 0.5) is 20.5 Å². The smallest absolute Gasteiger partial charge is 0.333 e. The third kappa shape index (κ3) is 2.53. The van der Waals surface area contributed by atoms with Gasteiger partial charge in [-0.2, -0.15) is 18.9 Å². The summed E-state index contributed by atoms with van der Waals surface area (Å²) in [4.78, 5) is 10.5. The molecule has 0 saturated carbocycles. The molecule has 0 aromatic carbocycles. The van der Waals surface area contributed by atoms with Crippen LogP contribution in [-0.4, -0.2) is 32.8 Å². The average Bonchev–Trinajstić information content (AvgIpc) is 3.06. The highest BCUT2D eigenvalue weighted by Gasteiger charge is 2.19. The molecule has 2 N–H and O–H groups in total. The molecule has 0 radical (unpaired) electrons. The van der Waals surface area contributed by atoms with Crippen molar-refractivity contribution in [1.29, 1.82) is 0 Å². The average molecular weight is 294 g/mol. The van der Waals surface area contributed by atoms with Crippen molar-refractivity contribution in [1.82, 2.24) is 19.7 Å². The van der Waals surface area contributed by atoms with Gasteiger partial charge in [-0.25, -0.2) is 9.67 Å². The standard InChI is InChI=1S/C13H16F2N6/c1-8-9(7-17-21(8)12(14)15)10-6-11(19-13(16)18-10)20-4-2-3-5-20/h6-7,12H,2-5H2,1H3,(H2,16,18,19). The van der Waals surface area contributed by atoms with Crippen LogP contribution in [0.5, 0.6) is 0 Å². The first kappa shape index (κ1) is 13.7. The Balaban J connectivity index is 2.02. The van der Waals surface area contributed by atoms with Crippen LogP contribution in [-0.2, 0) is 0 Å². The quantitative estimate of drug-likeness (QED) is 0.939. The largest absolute Gasteiger partial charge is 0.368 e. The summed E-state index contributed by atoms with van der Waals surface area (Å²) in [5, 5.41) is 3.70. The van der Waals surface area contributed by atoms with Gasteiger partial charge < -0.3 is 10.6 Å². The molecule has 6 nitrogen and oxygen atoms in total. The highest BCUT2D eigenvalue weighted by Crippen LogP contribution is 2.28. The highest BCUT2D eigenvalue weighted by atomic mass is 19.3. The number of nitrogens with two attached hydrogens (primary N) is 1. The number of alkyl halides is 2. The zero-order valence-electron chi connectivity index (χ0n) is 11.6. The molecule has 3 heterocycles. The van der Waals surface area contributed by atoms with Gasteiger partial charge in [-0.15, -0.1) is 0 Å². The number of nitrogen functional groups attached to an aromatic ring is 1. The van der Waals surface area contributed by atoms with E-state index < -0.39 is 6.55 Å². The van der Waals surface area contributed by atoms with Gasteiger partial charge >= 0.3 is 6.55 Å². The normalized spacial score (nSPS) is 15.1. The Bertz CT molecular complexity index is 648. The summed E-state index contributed by atoms with van der Waals surface area (Å²) < 4.78 is 26.3. The Hall–Kier alpha value is -2.25. The molecule has 2 aromatic heterocycles. The topological polar surface area (TPSA) is 72.9 Å². The third-order valence-corrected chi connectivity index (χ3v) is 3.67. The predicted molar refractivity (Wildman–Crippen MR) is 75.1 cm³/mol. The Morgan fingerprint density at radius 1 is 1.24 bits per heavy atom. The van der Waals surface area contributed by atoms with Crippen molar-refractivity contribution < 1.29 is 8.78 Å². The number of aromatic nitrogens is 4. The molecule has 1 aliphatic heterocycles. The van der Waals surface area contributed by atoms with E-state index in [0.29, 0.717) is 21.6 Å². The van der Waals surface area contributed by atoms with Crippen LogP contribution in [0.2, 0.25) is 0 Å². The molecule has 112 valence electrons. The Morgan fingerprint density at radius 3 is 2.57 bits per heavy atom. The molecule has 0 atom stereocenters. The second-order valence-corrected chi connectivity index (χ2v) is 5.03. The Labute approximate surface area is 120 Å². The van der Waals surface area contributed by atoms with Gasteiger partial charge in [0, 0.05) is 24.7 Å². The first-order chi connectivity index (χ1) is 10.1. The fourth-order valence-electron chi connectivity index (χ4n) is 2.57. The number of rotatable bonds is 3. The van der Waals surface area contributed by atoms with E-state index in [1.54, 1.807) is 13.0 Å². The zero-order chi connectivity index (χ0) is 15.0. The van der Waals surface area contributed by atoms with Gasteiger partial charge in [0.25, 0.3) is 0 Å². The van der Waals surface area contributed by atoms with Gasteiger partial charge in [0.05, 0.1) is 17.6 Å². The molecular weight excluding hydrogens is 278 g/mol. The third-order valence-electron chi connectivity index (χ3n) is 3.67. The SMILES string of the molecule is Cc1c(-c2cc(N3CCCC3)nc(N)n2)cnn1C(F)F. The number of nitrogens with zero attached hydrogens (tertiary/aromatic N) is 5. The summed E-state index contributed by atoms with van der Waals surface area (Å²) in [6, 6.07) is 1.78. The van der Waals surface area contributed by atoms with Gasteiger partial charge in [0.2, 0.25) is 5.95 Å². The fourth-order valence-corrected chi connectivity index (χ4v) is 2.57. The molecule has 0 amide bonds. The molecule has 1 saturated heterocycles. The maximum atomic E-state index is 12.8. The lowest BCUT2D eigenvalue weighted by Crippen LogP contribution is -2.19. The molecule has 0 aliphatic carbocycles. The second kappa shape index (κ2) is 5.27. The number of hydrogen-bond donors (Lipinski definition) is 1. The van der Waals surface area contributed by atoms with Gasteiger partial charge in [-0.05, 0) is 19.8 Å². The van der Waals surface area contributed by atoms with Crippen LogP contribution in [0.15, 0.2) is 12.3 Å². The van der Waals surface area contributed by atoms with Crippen molar-refractivity contribution in [2.45, 2.75) is 26.3 Å². The van der Waals surface area contributed by atoms with Crippen LogP contribution in [0.3, 0.4) is 0 Å². The van der Waals surface area contributed by atoms with E-state index in [1.807, 2.05) is 0 Å². The first-order valence-corrected chi connectivity index (χ1v) is 6.78. The van der Waals surface area contributed by atoms with Crippen molar-refractivity contribution in [3.05, 3.63) is 18.0 Å². The molecule has 0 spiro atoms. The minimum Gasteiger partial charge on any atom is -0.368 e. The highest BCUT2D eigenvalue weighted by molar-refractivity contribution is 5.66. The molecule has 0 unspecified atom stereocenters. The van der Waals surface area contributed by atoms with Crippen molar-refractivity contribution in [2.75, 3.05) is 23.7 Å². The lowest BCUT2D eigenvalue weighted by molar-refractivity contribution is 0.0545. The van der Waals surface area contributed by atoms with E-state index in [4.69, 9.17) is 5.73 Å². The van der Waals surface area contributed by atoms with Crippen LogP contribution in [0.25, 0.3) is 11.3 Å². The van der Waals surface area contributed by atoms with E-state index in [2.05, 4.69) is 20.0 Å². The van der Waals surface area contributed by atoms with E-state index in [0.717, 1.165) is 31.7 Å². The number of halogens is 2. The molecule has 3 rings (SSSR count). The zero-order valence-corrected chi connectivity index (χ0v) is 11.6. The van der Waals surface area contributed by atoms with Crippen molar-refractivity contribution in [2.24, 2.45) is 0 Å². The molecule has 8 heteroatoms. The van der Waals surface area contributed by atoms with E-state index in [9.17, 15) is 8.78 Å². The predicted octanol–water partition coefficient (Wildman–Crippen LogP) is 2.23. The molecule has 0 bridgehead atoms. The summed E-state index contributed by atoms with van der Waals surface area (Å²) in [6.07, 6.45) is 3.61. The van der Waals surface area contributed by atoms with Gasteiger partial charge in [0.1, 0.15) is 5.82 Å². The minimum absolute atomic E-state index is 0.138. The Morgan fingerprint density at radius 2 is 1.95 bits per heavy atom. The monoisotopic (exact) mass is 294 g/mol. The summed E-state index contributed by atoms with van der Waals surface area (Å²) in [6.45, 7) is 0.759. The Kier molecular flexibility index (Phi) is 3.44. The van der Waals surface area contributed by atoms with Crippen LogP contribution >= 0.6 is 0 Å².